The van der Waals surface area contributed by atoms with Gasteiger partial charge in [-0.25, -0.2) is 0 Å². The van der Waals surface area contributed by atoms with Gasteiger partial charge in [-0.05, 0) is 78.4 Å². The van der Waals surface area contributed by atoms with Crippen LogP contribution in [-0.4, -0.2) is 24.2 Å². The molecule has 0 saturated heterocycles. The van der Waals surface area contributed by atoms with Gasteiger partial charge in [0.1, 0.15) is 17.2 Å². The number of para-hydroxylation sites is 1. The van der Waals surface area contributed by atoms with Crippen LogP contribution in [0.5, 0.6) is 17.2 Å². The number of aromatic amines is 1. The van der Waals surface area contributed by atoms with Crippen LogP contribution in [0.4, 0.5) is 0 Å². The van der Waals surface area contributed by atoms with Crippen molar-refractivity contribution in [1.29, 1.82) is 0 Å². The fourth-order valence-corrected chi connectivity index (χ4v) is 3.99. The molecule has 1 N–H and O–H groups in total. The molecule has 176 valence electrons. The molecule has 0 aliphatic carbocycles. The number of benzene rings is 3. The predicted molar refractivity (Wildman–Crippen MR) is 135 cm³/mol. The first kappa shape index (κ1) is 23.4. The van der Waals surface area contributed by atoms with Crippen molar-refractivity contribution in [2.24, 2.45) is 0 Å². The Morgan fingerprint density at radius 2 is 1.74 bits per heavy atom. The van der Waals surface area contributed by atoms with Crippen LogP contribution in [0.3, 0.4) is 0 Å². The first-order valence-electron chi connectivity index (χ1n) is 11.9. The number of carbonyl (C=O) groups is 1. The Morgan fingerprint density at radius 3 is 2.53 bits per heavy atom. The molecule has 0 fully saturated rings. The number of aryl methyl sites for hydroxylation is 1. The number of nitrogens with one attached hydrogen (secondary N) is 1. The molecule has 0 aliphatic rings. The topological polar surface area (TPSA) is 60.6 Å². The van der Waals surface area contributed by atoms with Gasteiger partial charge < -0.3 is 19.2 Å². The standard InChI is InChI=1S/C29H31NO4/c1-3-8-22-20-26(34-25-9-6-5-7-10-25)12-14-28(22)33-16-15-24-19-23-17-21(11-13-27(23)30-24)18-29(31)32-4-2/h5-7,9-14,17,19-20,30H,3-4,8,15-16,18H2,1-2H3. The van der Waals surface area contributed by atoms with Crippen LogP contribution in [-0.2, 0) is 28.8 Å². The Labute approximate surface area is 200 Å². The SMILES string of the molecule is CCCc1cc(Oc2ccccc2)ccc1OCCc1cc2cc(CC(=O)OCC)ccc2[nH]1. The van der Waals surface area contributed by atoms with Gasteiger partial charge in [-0.3, -0.25) is 4.79 Å². The smallest absolute Gasteiger partial charge is 0.310 e. The summed E-state index contributed by atoms with van der Waals surface area (Å²) in [6.45, 7) is 4.95. The van der Waals surface area contributed by atoms with E-state index in [-0.39, 0.29) is 12.4 Å². The summed E-state index contributed by atoms with van der Waals surface area (Å²) in [5.41, 5.74) is 4.26. The lowest BCUT2D eigenvalue weighted by molar-refractivity contribution is -0.142. The summed E-state index contributed by atoms with van der Waals surface area (Å²) in [5, 5.41) is 1.09. The van der Waals surface area contributed by atoms with Crippen molar-refractivity contribution >= 4 is 16.9 Å². The van der Waals surface area contributed by atoms with E-state index in [0.717, 1.165) is 64.2 Å². The highest BCUT2D eigenvalue weighted by Crippen LogP contribution is 2.29. The highest BCUT2D eigenvalue weighted by Gasteiger charge is 2.09. The van der Waals surface area contributed by atoms with E-state index in [4.69, 9.17) is 14.2 Å². The molecule has 34 heavy (non-hydrogen) atoms. The normalized spacial score (nSPS) is 10.9. The van der Waals surface area contributed by atoms with Crippen molar-refractivity contribution < 1.29 is 19.0 Å². The van der Waals surface area contributed by atoms with E-state index in [1.807, 2.05) is 67.6 Å². The molecule has 0 saturated carbocycles. The zero-order chi connectivity index (χ0) is 23.8. The average Bonchev–Trinajstić information content (AvgIpc) is 3.23. The van der Waals surface area contributed by atoms with E-state index < -0.39 is 0 Å². The van der Waals surface area contributed by atoms with Crippen molar-refractivity contribution in [1.82, 2.24) is 4.98 Å². The molecule has 0 spiro atoms. The number of fused-ring (bicyclic) bond motifs is 1. The van der Waals surface area contributed by atoms with Crippen LogP contribution in [0.1, 0.15) is 37.1 Å². The minimum absolute atomic E-state index is 0.200. The lowest BCUT2D eigenvalue weighted by atomic mass is 10.1. The second-order valence-electron chi connectivity index (χ2n) is 8.23. The van der Waals surface area contributed by atoms with Crippen LogP contribution < -0.4 is 9.47 Å². The number of H-pyrrole nitrogens is 1. The fraction of sp³-hybridized carbons (Fsp3) is 0.276. The summed E-state index contributed by atoms with van der Waals surface area (Å²) in [6.07, 6.45) is 3.01. The number of carbonyl (C=O) groups excluding carboxylic acids is 1. The number of hydrogen-bond acceptors (Lipinski definition) is 4. The summed E-state index contributed by atoms with van der Waals surface area (Å²) >= 11 is 0. The molecule has 0 amide bonds. The molecule has 0 radical (unpaired) electrons. The van der Waals surface area contributed by atoms with E-state index in [1.165, 1.54) is 0 Å². The molecule has 0 unspecified atom stereocenters. The molecule has 4 rings (SSSR count). The minimum Gasteiger partial charge on any atom is -0.493 e. The van der Waals surface area contributed by atoms with Gasteiger partial charge in [0.15, 0.2) is 0 Å². The van der Waals surface area contributed by atoms with Crippen LogP contribution in [0.25, 0.3) is 10.9 Å². The Kier molecular flexibility index (Phi) is 7.87. The molecule has 0 bridgehead atoms. The molecule has 5 nitrogen and oxygen atoms in total. The third-order valence-corrected chi connectivity index (χ3v) is 5.55. The van der Waals surface area contributed by atoms with E-state index in [2.05, 4.69) is 24.0 Å². The second-order valence-corrected chi connectivity index (χ2v) is 8.23. The zero-order valence-corrected chi connectivity index (χ0v) is 19.8. The molecule has 0 atom stereocenters. The third kappa shape index (κ3) is 6.19. The third-order valence-electron chi connectivity index (χ3n) is 5.55. The average molecular weight is 458 g/mol. The minimum atomic E-state index is -0.200. The highest BCUT2D eigenvalue weighted by atomic mass is 16.5. The van der Waals surface area contributed by atoms with Gasteiger partial charge >= 0.3 is 5.97 Å². The lowest BCUT2D eigenvalue weighted by Gasteiger charge is -2.13. The van der Waals surface area contributed by atoms with Gasteiger partial charge in [-0.1, -0.05) is 37.6 Å². The zero-order valence-electron chi connectivity index (χ0n) is 19.8. The van der Waals surface area contributed by atoms with Crippen LogP contribution >= 0.6 is 0 Å². The number of hydrogen-bond donors (Lipinski definition) is 1. The van der Waals surface area contributed by atoms with Crippen molar-refractivity contribution in [3.63, 3.8) is 0 Å². The summed E-state index contributed by atoms with van der Waals surface area (Å²) < 4.78 is 17.2. The molecule has 5 heteroatoms. The Morgan fingerprint density at radius 1 is 0.882 bits per heavy atom. The Hall–Kier alpha value is -3.73. The number of esters is 1. The second kappa shape index (κ2) is 11.4. The largest absolute Gasteiger partial charge is 0.493 e. The maximum Gasteiger partial charge on any atom is 0.310 e. The number of aromatic nitrogens is 1. The van der Waals surface area contributed by atoms with Crippen molar-refractivity contribution in [3.8, 4) is 17.2 Å². The van der Waals surface area contributed by atoms with Crippen molar-refractivity contribution in [2.45, 2.75) is 39.5 Å². The molecule has 1 heterocycles. The molecule has 0 aliphatic heterocycles. The van der Waals surface area contributed by atoms with Gasteiger partial charge in [-0.2, -0.15) is 0 Å². The maximum atomic E-state index is 11.8. The van der Waals surface area contributed by atoms with Gasteiger partial charge in [0.2, 0.25) is 0 Å². The maximum absolute atomic E-state index is 11.8. The lowest BCUT2D eigenvalue weighted by Crippen LogP contribution is -2.07. The molecular formula is C29H31NO4. The van der Waals surface area contributed by atoms with Crippen LogP contribution in [0, 0.1) is 0 Å². The van der Waals surface area contributed by atoms with Gasteiger partial charge in [-0.15, -0.1) is 0 Å². The first-order chi connectivity index (χ1) is 16.6. The quantitative estimate of drug-likeness (QED) is 0.257. The van der Waals surface area contributed by atoms with E-state index in [9.17, 15) is 4.79 Å². The predicted octanol–water partition coefficient (Wildman–Crippen LogP) is 6.64. The molecule has 1 aromatic heterocycles. The Bertz CT molecular complexity index is 1230. The van der Waals surface area contributed by atoms with E-state index in [0.29, 0.717) is 13.2 Å². The molecule has 4 aromatic rings. The molecule has 3 aromatic carbocycles. The van der Waals surface area contributed by atoms with E-state index in [1.54, 1.807) is 0 Å². The number of rotatable bonds is 11. The van der Waals surface area contributed by atoms with Gasteiger partial charge in [0.25, 0.3) is 0 Å². The fourth-order valence-electron chi connectivity index (χ4n) is 3.99. The van der Waals surface area contributed by atoms with Crippen LogP contribution in [0.15, 0.2) is 72.8 Å². The van der Waals surface area contributed by atoms with Crippen LogP contribution in [0.2, 0.25) is 0 Å². The highest BCUT2D eigenvalue weighted by molar-refractivity contribution is 5.83. The summed E-state index contributed by atoms with van der Waals surface area (Å²) in [4.78, 5) is 15.2. The monoisotopic (exact) mass is 457 g/mol. The van der Waals surface area contributed by atoms with Crippen molar-refractivity contribution in [3.05, 3.63) is 89.6 Å². The summed E-state index contributed by atoms with van der Waals surface area (Å²) in [6, 6.07) is 24.0. The van der Waals surface area contributed by atoms with Crippen molar-refractivity contribution in [2.75, 3.05) is 13.2 Å². The van der Waals surface area contributed by atoms with Gasteiger partial charge in [0.05, 0.1) is 19.6 Å². The first-order valence-corrected chi connectivity index (χ1v) is 11.9. The Balaban J connectivity index is 1.38. The van der Waals surface area contributed by atoms with E-state index >= 15 is 0 Å². The number of ether oxygens (including phenoxy) is 3. The molecular weight excluding hydrogens is 426 g/mol. The summed E-state index contributed by atoms with van der Waals surface area (Å²) in [7, 11) is 0. The summed E-state index contributed by atoms with van der Waals surface area (Å²) in [5.74, 6) is 2.34. The van der Waals surface area contributed by atoms with Gasteiger partial charge in [0, 0.05) is 17.6 Å².